The van der Waals surface area contributed by atoms with Crippen LogP contribution >= 0.6 is 0 Å². The Balaban J connectivity index is 1.48. The molecule has 1 amide bonds. The van der Waals surface area contributed by atoms with Gasteiger partial charge in [-0.25, -0.2) is 9.97 Å². The van der Waals surface area contributed by atoms with Crippen LogP contribution in [-0.2, 0) is 4.79 Å². The van der Waals surface area contributed by atoms with Gasteiger partial charge < -0.3 is 10.2 Å². The molecule has 32 heavy (non-hydrogen) atoms. The van der Waals surface area contributed by atoms with Crippen LogP contribution in [0.3, 0.4) is 0 Å². The Morgan fingerprint density at radius 1 is 1.00 bits per heavy atom. The second kappa shape index (κ2) is 9.73. The van der Waals surface area contributed by atoms with Gasteiger partial charge in [-0.05, 0) is 63.5 Å². The predicted octanol–water partition coefficient (Wildman–Crippen LogP) is 4.96. The lowest BCUT2D eigenvalue weighted by atomic mass is 9.93. The second-order valence-electron chi connectivity index (χ2n) is 8.39. The average Bonchev–Trinajstić information content (AvgIpc) is 2.77. The van der Waals surface area contributed by atoms with Crippen LogP contribution in [0.15, 0.2) is 54.6 Å². The van der Waals surface area contributed by atoms with Gasteiger partial charge >= 0.3 is 0 Å². The van der Waals surface area contributed by atoms with E-state index in [0.29, 0.717) is 12.5 Å². The lowest BCUT2D eigenvalue weighted by molar-refractivity contribution is -0.127. The minimum atomic E-state index is 0.0493. The fraction of sp³-hybridized carbons (Fsp3) is 0.308. The molecule has 0 spiro atoms. The summed E-state index contributed by atoms with van der Waals surface area (Å²) in [6.07, 6.45) is 5.53. The van der Waals surface area contributed by atoms with E-state index in [0.717, 1.165) is 53.4 Å². The van der Waals surface area contributed by atoms with Crippen molar-refractivity contribution < 1.29 is 4.79 Å². The molecule has 1 N–H and O–H groups in total. The molecular formula is C26H29N5O. The van der Waals surface area contributed by atoms with E-state index in [-0.39, 0.29) is 11.8 Å². The first kappa shape index (κ1) is 21.7. The van der Waals surface area contributed by atoms with E-state index >= 15 is 0 Å². The third-order valence-electron chi connectivity index (χ3n) is 5.58. The molecular weight excluding hydrogens is 398 g/mol. The summed E-state index contributed by atoms with van der Waals surface area (Å²) in [6, 6.07) is 15.9. The van der Waals surface area contributed by atoms with Crippen molar-refractivity contribution >= 4 is 23.6 Å². The summed E-state index contributed by atoms with van der Waals surface area (Å²) in [5.41, 5.74) is 5.74. The number of hydrogen-bond acceptors (Lipinski definition) is 5. The van der Waals surface area contributed by atoms with Crippen LogP contribution in [0.2, 0.25) is 0 Å². The summed E-state index contributed by atoms with van der Waals surface area (Å²) in [5, 5.41) is 3.32. The highest BCUT2D eigenvalue weighted by Gasteiger charge is 2.25. The summed E-state index contributed by atoms with van der Waals surface area (Å²) in [7, 11) is 0. The van der Waals surface area contributed by atoms with Gasteiger partial charge in [0.2, 0.25) is 11.9 Å². The molecule has 0 radical (unpaired) electrons. The zero-order chi connectivity index (χ0) is 22.5. The average molecular weight is 428 g/mol. The van der Waals surface area contributed by atoms with E-state index in [9.17, 15) is 4.79 Å². The van der Waals surface area contributed by atoms with Crippen LogP contribution in [-0.4, -0.2) is 38.8 Å². The molecule has 1 atom stereocenters. The van der Waals surface area contributed by atoms with Crippen molar-refractivity contribution in [2.45, 2.75) is 39.5 Å². The number of carbonyl (C=O) groups is 1. The van der Waals surface area contributed by atoms with Crippen molar-refractivity contribution in [2.75, 3.05) is 18.4 Å². The van der Waals surface area contributed by atoms with Crippen LogP contribution in [0.25, 0.3) is 6.08 Å². The van der Waals surface area contributed by atoms with E-state index in [4.69, 9.17) is 4.98 Å². The first-order valence-electron chi connectivity index (χ1n) is 11.1. The number of benzene rings is 1. The smallest absolute Gasteiger partial charge is 0.246 e. The van der Waals surface area contributed by atoms with Gasteiger partial charge in [0.1, 0.15) is 0 Å². The zero-order valence-corrected chi connectivity index (χ0v) is 18.9. The molecule has 1 aliphatic heterocycles. The fourth-order valence-corrected chi connectivity index (χ4v) is 4.14. The standard InChI is InChI=1S/C26H29N5O/c1-18-14-19(2)29-26(28-18)30-23-15-20(3)27-24(16-23)22-10-7-13-31(17-22)25(32)12-11-21-8-5-4-6-9-21/h4-6,8-9,11-12,14-16,22H,7,10,13,17H2,1-3H3,(H,27,28,29,30)/b12-11+/t22-/m1/s1. The van der Waals surface area contributed by atoms with Gasteiger partial charge in [-0.15, -0.1) is 0 Å². The summed E-state index contributed by atoms with van der Waals surface area (Å²) in [4.78, 5) is 28.4. The molecule has 1 aliphatic rings. The van der Waals surface area contributed by atoms with Crippen LogP contribution < -0.4 is 5.32 Å². The summed E-state index contributed by atoms with van der Waals surface area (Å²) in [6.45, 7) is 7.37. The molecule has 0 bridgehead atoms. The number of aromatic nitrogens is 3. The van der Waals surface area contributed by atoms with E-state index in [1.807, 2.05) is 74.2 Å². The highest BCUT2D eigenvalue weighted by molar-refractivity contribution is 5.91. The second-order valence-corrected chi connectivity index (χ2v) is 8.39. The highest BCUT2D eigenvalue weighted by Crippen LogP contribution is 2.28. The van der Waals surface area contributed by atoms with Gasteiger partial charge in [-0.2, -0.15) is 0 Å². The van der Waals surface area contributed by atoms with Gasteiger partial charge in [0, 0.05) is 53.5 Å². The van der Waals surface area contributed by atoms with Crippen molar-refractivity contribution in [3.8, 4) is 0 Å². The number of nitrogens with zero attached hydrogens (tertiary/aromatic N) is 4. The number of hydrogen-bond donors (Lipinski definition) is 1. The third kappa shape index (κ3) is 5.58. The first-order chi connectivity index (χ1) is 15.5. The van der Waals surface area contributed by atoms with Gasteiger partial charge in [0.05, 0.1) is 0 Å². The number of anilines is 2. The Morgan fingerprint density at radius 3 is 2.47 bits per heavy atom. The quantitative estimate of drug-likeness (QED) is 0.583. The molecule has 1 fully saturated rings. The van der Waals surface area contributed by atoms with E-state index < -0.39 is 0 Å². The molecule has 1 saturated heterocycles. The van der Waals surface area contributed by atoms with Crippen LogP contribution in [0.4, 0.5) is 11.6 Å². The molecule has 6 nitrogen and oxygen atoms in total. The van der Waals surface area contributed by atoms with E-state index in [1.165, 1.54) is 0 Å². The first-order valence-corrected chi connectivity index (χ1v) is 11.1. The number of piperidine rings is 1. The maximum absolute atomic E-state index is 12.8. The third-order valence-corrected chi connectivity index (χ3v) is 5.58. The Labute approximate surface area is 189 Å². The highest BCUT2D eigenvalue weighted by atomic mass is 16.2. The number of pyridine rings is 1. The number of rotatable bonds is 5. The Kier molecular flexibility index (Phi) is 6.59. The number of amides is 1. The van der Waals surface area contributed by atoms with E-state index in [1.54, 1.807) is 6.08 Å². The molecule has 0 unspecified atom stereocenters. The van der Waals surface area contributed by atoms with Crippen molar-refractivity contribution in [1.82, 2.24) is 19.9 Å². The Bertz CT molecular complexity index is 1110. The molecule has 6 heteroatoms. The van der Waals surface area contributed by atoms with Crippen LogP contribution in [0.1, 0.15) is 47.1 Å². The minimum Gasteiger partial charge on any atom is -0.338 e. The predicted molar refractivity (Wildman–Crippen MR) is 128 cm³/mol. The van der Waals surface area contributed by atoms with Gasteiger partial charge in [-0.3, -0.25) is 9.78 Å². The summed E-state index contributed by atoms with van der Waals surface area (Å²) >= 11 is 0. The Hall–Kier alpha value is -3.54. The zero-order valence-electron chi connectivity index (χ0n) is 18.9. The summed E-state index contributed by atoms with van der Waals surface area (Å²) < 4.78 is 0. The topological polar surface area (TPSA) is 71.0 Å². The molecule has 0 aliphatic carbocycles. The molecule has 3 heterocycles. The van der Waals surface area contributed by atoms with Crippen molar-refractivity contribution in [3.63, 3.8) is 0 Å². The van der Waals surface area contributed by atoms with Crippen LogP contribution in [0, 0.1) is 20.8 Å². The molecule has 1 aromatic carbocycles. The largest absolute Gasteiger partial charge is 0.338 e. The van der Waals surface area contributed by atoms with Crippen LogP contribution in [0.5, 0.6) is 0 Å². The van der Waals surface area contributed by atoms with Crippen molar-refractivity contribution in [3.05, 3.63) is 82.9 Å². The number of nitrogens with one attached hydrogen (secondary N) is 1. The minimum absolute atomic E-state index is 0.0493. The molecule has 164 valence electrons. The molecule has 3 aromatic rings. The molecule has 0 saturated carbocycles. The monoisotopic (exact) mass is 427 g/mol. The number of carbonyl (C=O) groups excluding carboxylic acids is 1. The van der Waals surface area contributed by atoms with Gasteiger partial charge in [0.15, 0.2) is 0 Å². The van der Waals surface area contributed by atoms with Gasteiger partial charge in [-0.1, -0.05) is 30.3 Å². The maximum atomic E-state index is 12.8. The number of aryl methyl sites for hydroxylation is 3. The van der Waals surface area contributed by atoms with Gasteiger partial charge in [0.25, 0.3) is 0 Å². The SMILES string of the molecule is Cc1cc(Nc2nc(C)cc(C)n2)cc([C@@H]2CCCN(C(=O)/C=C/c3ccccc3)C2)n1. The Morgan fingerprint density at radius 2 is 1.72 bits per heavy atom. The summed E-state index contributed by atoms with van der Waals surface area (Å²) in [5.74, 6) is 0.845. The lowest BCUT2D eigenvalue weighted by Gasteiger charge is -2.32. The normalized spacial score (nSPS) is 16.3. The van der Waals surface area contributed by atoms with Crippen molar-refractivity contribution in [1.29, 1.82) is 0 Å². The molecule has 4 rings (SSSR count). The number of likely N-dealkylation sites (tertiary alicyclic amines) is 1. The maximum Gasteiger partial charge on any atom is 0.246 e. The molecule has 2 aromatic heterocycles. The lowest BCUT2D eigenvalue weighted by Crippen LogP contribution is -2.38. The fourth-order valence-electron chi connectivity index (χ4n) is 4.14. The van der Waals surface area contributed by atoms with E-state index in [2.05, 4.69) is 21.4 Å². The van der Waals surface area contributed by atoms with Crippen molar-refractivity contribution in [2.24, 2.45) is 0 Å².